The molecule has 0 saturated carbocycles. The number of nitrogens with zero attached hydrogens (tertiary/aromatic N) is 4. The summed E-state index contributed by atoms with van der Waals surface area (Å²) in [4.78, 5) is 27.6. The summed E-state index contributed by atoms with van der Waals surface area (Å²) in [5.74, 6) is -0.0641. The second-order valence-electron chi connectivity index (χ2n) is 7.35. The molecule has 0 unspecified atom stereocenters. The Morgan fingerprint density at radius 1 is 1.36 bits per heavy atom. The first kappa shape index (κ1) is 17.9. The molecular weight excluding hydrogens is 322 g/mol. The van der Waals surface area contributed by atoms with Crippen LogP contribution in [0.4, 0.5) is 0 Å². The third-order valence-corrected chi connectivity index (χ3v) is 5.08. The first-order valence-electron chi connectivity index (χ1n) is 8.84. The van der Waals surface area contributed by atoms with Crippen molar-refractivity contribution in [3.63, 3.8) is 0 Å². The van der Waals surface area contributed by atoms with Crippen LogP contribution in [0.15, 0.2) is 12.4 Å². The summed E-state index contributed by atoms with van der Waals surface area (Å²) in [6.07, 6.45) is 5.64. The van der Waals surface area contributed by atoms with Crippen LogP contribution >= 0.6 is 0 Å². The van der Waals surface area contributed by atoms with Crippen LogP contribution in [0.3, 0.4) is 0 Å². The van der Waals surface area contributed by atoms with Crippen LogP contribution in [0.2, 0.25) is 0 Å². The summed E-state index contributed by atoms with van der Waals surface area (Å²) in [7, 11) is 1.78. The van der Waals surface area contributed by atoms with E-state index in [2.05, 4.69) is 15.3 Å². The van der Waals surface area contributed by atoms with E-state index in [9.17, 15) is 14.7 Å². The van der Waals surface area contributed by atoms with Gasteiger partial charge in [-0.1, -0.05) is 0 Å². The molecule has 8 heteroatoms. The molecular formula is C17H27N5O3. The molecule has 2 saturated heterocycles. The molecule has 2 N–H and O–H groups in total. The van der Waals surface area contributed by atoms with E-state index in [-0.39, 0.29) is 17.9 Å². The molecule has 3 heterocycles. The van der Waals surface area contributed by atoms with E-state index in [0.717, 1.165) is 25.9 Å². The van der Waals surface area contributed by atoms with E-state index in [4.69, 9.17) is 0 Å². The molecule has 2 aliphatic heterocycles. The Hall–Kier alpha value is -1.93. The van der Waals surface area contributed by atoms with Gasteiger partial charge in [-0.3, -0.25) is 14.3 Å². The maximum atomic E-state index is 12.5. The molecule has 3 rings (SSSR count). The number of aliphatic hydroxyl groups is 1. The van der Waals surface area contributed by atoms with Gasteiger partial charge in [0, 0.05) is 52.4 Å². The summed E-state index contributed by atoms with van der Waals surface area (Å²) in [6.45, 7) is 4.73. The monoisotopic (exact) mass is 349 g/mol. The van der Waals surface area contributed by atoms with Crippen LogP contribution in [-0.2, 0) is 11.8 Å². The van der Waals surface area contributed by atoms with Gasteiger partial charge >= 0.3 is 0 Å². The van der Waals surface area contributed by atoms with E-state index in [1.165, 1.54) is 0 Å². The van der Waals surface area contributed by atoms with Crippen molar-refractivity contribution in [2.24, 2.45) is 7.05 Å². The number of hydrogen-bond donors (Lipinski definition) is 2. The number of hydrogen-bond acceptors (Lipinski definition) is 5. The average molecular weight is 349 g/mol. The van der Waals surface area contributed by atoms with Crippen molar-refractivity contribution < 1.29 is 14.7 Å². The van der Waals surface area contributed by atoms with E-state index in [1.54, 1.807) is 35.9 Å². The Bertz CT molecular complexity index is 638. The van der Waals surface area contributed by atoms with Gasteiger partial charge in [-0.25, -0.2) is 0 Å². The van der Waals surface area contributed by atoms with Crippen molar-refractivity contribution >= 4 is 11.8 Å². The highest BCUT2D eigenvalue weighted by Crippen LogP contribution is 2.25. The lowest BCUT2D eigenvalue weighted by molar-refractivity contribution is -0.120. The third kappa shape index (κ3) is 4.38. The van der Waals surface area contributed by atoms with E-state index < -0.39 is 5.60 Å². The first-order chi connectivity index (χ1) is 11.8. The van der Waals surface area contributed by atoms with Gasteiger partial charge in [0.25, 0.3) is 5.91 Å². The van der Waals surface area contributed by atoms with Crippen LogP contribution in [-0.4, -0.2) is 80.9 Å². The van der Waals surface area contributed by atoms with Gasteiger partial charge in [0.05, 0.1) is 23.9 Å². The molecule has 0 bridgehead atoms. The number of piperidine rings is 1. The zero-order valence-corrected chi connectivity index (χ0v) is 14.9. The SMILES string of the molecule is CC(=O)NC1CCN(C[C@@]2(O)CCN(C(=O)c3cnn(C)c3)C2)CC1. The molecule has 8 nitrogen and oxygen atoms in total. The van der Waals surface area contributed by atoms with Crippen molar-refractivity contribution in [1.82, 2.24) is 24.9 Å². The molecule has 138 valence electrons. The lowest BCUT2D eigenvalue weighted by Gasteiger charge is -2.36. The van der Waals surface area contributed by atoms with E-state index in [0.29, 0.717) is 31.6 Å². The number of amides is 2. The second kappa shape index (κ2) is 7.13. The lowest BCUT2D eigenvalue weighted by Crippen LogP contribution is -2.50. The molecule has 0 radical (unpaired) electrons. The summed E-state index contributed by atoms with van der Waals surface area (Å²) in [6, 6.07) is 0.232. The standard InChI is InChI=1S/C17H27N5O3/c1-13(23)19-15-3-6-21(7-4-15)11-17(25)5-8-22(12-17)16(24)14-9-18-20(2)10-14/h9-10,15,25H,3-8,11-12H2,1-2H3,(H,19,23)/t17-/m0/s1. The fourth-order valence-corrected chi connectivity index (χ4v) is 3.81. The van der Waals surface area contributed by atoms with Crippen molar-refractivity contribution in [3.05, 3.63) is 18.0 Å². The normalized spacial score (nSPS) is 25.3. The molecule has 2 aliphatic rings. The van der Waals surface area contributed by atoms with Gasteiger partial charge in [-0.2, -0.15) is 5.10 Å². The molecule has 0 spiro atoms. The van der Waals surface area contributed by atoms with Crippen LogP contribution in [0.1, 0.15) is 36.5 Å². The predicted molar refractivity (Wildman–Crippen MR) is 92.0 cm³/mol. The summed E-state index contributed by atoms with van der Waals surface area (Å²) < 4.78 is 1.61. The maximum Gasteiger partial charge on any atom is 0.257 e. The topological polar surface area (TPSA) is 90.7 Å². The van der Waals surface area contributed by atoms with Gasteiger partial charge in [0.15, 0.2) is 0 Å². The van der Waals surface area contributed by atoms with Crippen LogP contribution in [0, 0.1) is 0 Å². The molecule has 1 aromatic rings. The Labute approximate surface area is 147 Å². The minimum absolute atomic E-state index is 0.0115. The summed E-state index contributed by atoms with van der Waals surface area (Å²) in [5, 5.41) is 17.9. The highest BCUT2D eigenvalue weighted by Gasteiger charge is 2.40. The van der Waals surface area contributed by atoms with Crippen LogP contribution < -0.4 is 5.32 Å². The van der Waals surface area contributed by atoms with Gasteiger partial charge in [-0.05, 0) is 19.3 Å². The van der Waals surface area contributed by atoms with Crippen molar-refractivity contribution in [1.29, 1.82) is 0 Å². The van der Waals surface area contributed by atoms with Crippen molar-refractivity contribution in [3.8, 4) is 0 Å². The van der Waals surface area contributed by atoms with Gasteiger partial charge < -0.3 is 20.2 Å². The van der Waals surface area contributed by atoms with Gasteiger partial charge in [-0.15, -0.1) is 0 Å². The molecule has 2 amide bonds. The van der Waals surface area contributed by atoms with Crippen LogP contribution in [0.25, 0.3) is 0 Å². The highest BCUT2D eigenvalue weighted by molar-refractivity contribution is 5.94. The summed E-state index contributed by atoms with van der Waals surface area (Å²) >= 11 is 0. The first-order valence-corrected chi connectivity index (χ1v) is 8.84. The molecule has 0 aliphatic carbocycles. The maximum absolute atomic E-state index is 12.5. The zero-order valence-electron chi connectivity index (χ0n) is 14.9. The molecule has 0 aromatic carbocycles. The van der Waals surface area contributed by atoms with Crippen molar-refractivity contribution in [2.45, 2.75) is 37.8 Å². The van der Waals surface area contributed by atoms with Gasteiger partial charge in [0.2, 0.25) is 5.91 Å². The largest absolute Gasteiger partial charge is 0.387 e. The van der Waals surface area contributed by atoms with E-state index >= 15 is 0 Å². The Balaban J connectivity index is 1.50. The summed E-state index contributed by atoms with van der Waals surface area (Å²) in [5.41, 5.74) is -0.304. The van der Waals surface area contributed by atoms with E-state index in [1.807, 2.05) is 0 Å². The number of aryl methyl sites for hydroxylation is 1. The third-order valence-electron chi connectivity index (χ3n) is 5.08. The number of carbonyl (C=O) groups excluding carboxylic acids is 2. The van der Waals surface area contributed by atoms with Crippen molar-refractivity contribution in [2.75, 3.05) is 32.7 Å². The predicted octanol–water partition coefficient (Wildman–Crippen LogP) is -0.402. The fraction of sp³-hybridized carbons (Fsp3) is 0.706. The molecule has 2 fully saturated rings. The minimum atomic E-state index is -0.862. The lowest BCUT2D eigenvalue weighted by atomic mass is 9.99. The molecule has 1 aromatic heterocycles. The second-order valence-corrected chi connectivity index (χ2v) is 7.35. The van der Waals surface area contributed by atoms with Gasteiger partial charge in [0.1, 0.15) is 0 Å². The number of carbonyl (C=O) groups is 2. The average Bonchev–Trinajstić information content (AvgIpc) is 3.15. The Morgan fingerprint density at radius 3 is 2.68 bits per heavy atom. The number of rotatable bonds is 4. The Morgan fingerprint density at radius 2 is 2.08 bits per heavy atom. The number of β-amino-alcohol motifs (C(OH)–C–C–N with tert-alkyl or cyclic N) is 1. The number of aromatic nitrogens is 2. The zero-order chi connectivity index (χ0) is 18.0. The Kier molecular flexibility index (Phi) is 5.10. The smallest absolute Gasteiger partial charge is 0.257 e. The fourth-order valence-electron chi connectivity index (χ4n) is 3.81. The molecule has 25 heavy (non-hydrogen) atoms. The quantitative estimate of drug-likeness (QED) is 0.772. The highest BCUT2D eigenvalue weighted by atomic mass is 16.3. The molecule has 1 atom stereocenters. The minimum Gasteiger partial charge on any atom is -0.387 e. The number of nitrogens with one attached hydrogen (secondary N) is 1. The number of likely N-dealkylation sites (tertiary alicyclic amines) is 2. The van der Waals surface area contributed by atoms with Crippen LogP contribution in [0.5, 0.6) is 0 Å².